The van der Waals surface area contributed by atoms with Crippen LogP contribution in [0.3, 0.4) is 0 Å². The molecule has 0 bridgehead atoms. The van der Waals surface area contributed by atoms with Crippen molar-refractivity contribution in [3.63, 3.8) is 0 Å². The van der Waals surface area contributed by atoms with Gasteiger partial charge in [0, 0.05) is 5.69 Å². The standard InChI is InChI=1S/C18H18FNO5/c1-11(17(21)20-14-7-5-13(19)6-8-14)25-15-9-4-12(18(22)24-3)10-16(15)23-2/h4-11H,1-3H3,(H,20,21)/t11-/m1/s1. The van der Waals surface area contributed by atoms with Crippen molar-refractivity contribution in [3.8, 4) is 11.5 Å². The van der Waals surface area contributed by atoms with Crippen molar-refractivity contribution < 1.29 is 28.2 Å². The number of ether oxygens (including phenoxy) is 3. The third-order valence-electron chi connectivity index (χ3n) is 3.37. The Morgan fingerprint density at radius 2 is 1.72 bits per heavy atom. The molecule has 1 atom stereocenters. The summed E-state index contributed by atoms with van der Waals surface area (Å²) < 4.78 is 28.3. The molecule has 0 saturated carbocycles. The van der Waals surface area contributed by atoms with Crippen molar-refractivity contribution in [2.75, 3.05) is 19.5 Å². The molecule has 132 valence electrons. The fraction of sp³-hybridized carbons (Fsp3) is 0.222. The number of nitrogens with one attached hydrogen (secondary N) is 1. The Balaban J connectivity index is 2.08. The fourth-order valence-electron chi connectivity index (χ4n) is 2.03. The van der Waals surface area contributed by atoms with E-state index in [1.54, 1.807) is 6.92 Å². The number of benzene rings is 2. The van der Waals surface area contributed by atoms with Crippen LogP contribution in [0.25, 0.3) is 0 Å². The molecule has 0 saturated heterocycles. The van der Waals surface area contributed by atoms with Crippen molar-refractivity contribution in [2.24, 2.45) is 0 Å². The molecular formula is C18H18FNO5. The van der Waals surface area contributed by atoms with Crippen molar-refractivity contribution in [3.05, 3.63) is 53.8 Å². The van der Waals surface area contributed by atoms with Crippen LogP contribution in [-0.4, -0.2) is 32.2 Å². The Morgan fingerprint density at radius 3 is 2.32 bits per heavy atom. The lowest BCUT2D eigenvalue weighted by Gasteiger charge is -2.17. The van der Waals surface area contributed by atoms with E-state index in [1.165, 1.54) is 56.7 Å². The zero-order valence-electron chi connectivity index (χ0n) is 14.0. The second-order valence-corrected chi connectivity index (χ2v) is 5.11. The van der Waals surface area contributed by atoms with Crippen molar-refractivity contribution in [1.29, 1.82) is 0 Å². The molecule has 0 radical (unpaired) electrons. The Labute approximate surface area is 144 Å². The average Bonchev–Trinajstić information content (AvgIpc) is 2.63. The zero-order chi connectivity index (χ0) is 18.4. The number of carbonyl (C=O) groups is 2. The molecular weight excluding hydrogens is 329 g/mol. The summed E-state index contributed by atoms with van der Waals surface area (Å²) in [4.78, 5) is 23.7. The van der Waals surface area contributed by atoms with Gasteiger partial charge < -0.3 is 19.5 Å². The lowest BCUT2D eigenvalue weighted by molar-refractivity contribution is -0.122. The van der Waals surface area contributed by atoms with E-state index in [2.05, 4.69) is 10.1 Å². The molecule has 1 N–H and O–H groups in total. The highest BCUT2D eigenvalue weighted by atomic mass is 19.1. The molecule has 0 heterocycles. The number of rotatable bonds is 6. The maximum absolute atomic E-state index is 12.9. The molecule has 0 aromatic heterocycles. The van der Waals surface area contributed by atoms with Crippen LogP contribution in [0.1, 0.15) is 17.3 Å². The fourth-order valence-corrected chi connectivity index (χ4v) is 2.03. The van der Waals surface area contributed by atoms with E-state index < -0.39 is 23.8 Å². The van der Waals surface area contributed by atoms with Crippen molar-refractivity contribution >= 4 is 17.6 Å². The first-order valence-electron chi connectivity index (χ1n) is 7.44. The van der Waals surface area contributed by atoms with E-state index in [-0.39, 0.29) is 0 Å². The molecule has 0 aliphatic rings. The summed E-state index contributed by atoms with van der Waals surface area (Å²) in [6.45, 7) is 1.56. The zero-order valence-corrected chi connectivity index (χ0v) is 14.0. The number of amides is 1. The number of methoxy groups -OCH3 is 2. The van der Waals surface area contributed by atoms with Gasteiger partial charge in [0.2, 0.25) is 0 Å². The maximum Gasteiger partial charge on any atom is 0.337 e. The second-order valence-electron chi connectivity index (χ2n) is 5.11. The lowest BCUT2D eigenvalue weighted by Crippen LogP contribution is -2.30. The van der Waals surface area contributed by atoms with Crippen molar-refractivity contribution in [1.82, 2.24) is 0 Å². The average molecular weight is 347 g/mol. The van der Waals surface area contributed by atoms with E-state index in [9.17, 15) is 14.0 Å². The highest BCUT2D eigenvalue weighted by Crippen LogP contribution is 2.29. The second kappa shape index (κ2) is 8.14. The highest BCUT2D eigenvalue weighted by Gasteiger charge is 2.18. The van der Waals surface area contributed by atoms with Gasteiger partial charge in [-0.15, -0.1) is 0 Å². The van der Waals surface area contributed by atoms with Gasteiger partial charge in [-0.05, 0) is 49.4 Å². The van der Waals surface area contributed by atoms with Crippen LogP contribution < -0.4 is 14.8 Å². The minimum absolute atomic E-state index is 0.296. The summed E-state index contributed by atoms with van der Waals surface area (Å²) in [5.41, 5.74) is 0.755. The van der Waals surface area contributed by atoms with Gasteiger partial charge in [-0.25, -0.2) is 9.18 Å². The molecule has 0 spiro atoms. The minimum Gasteiger partial charge on any atom is -0.493 e. The molecule has 2 aromatic rings. The van der Waals surface area contributed by atoms with Gasteiger partial charge in [0.25, 0.3) is 5.91 Å². The molecule has 7 heteroatoms. The van der Waals surface area contributed by atoms with Crippen LogP contribution >= 0.6 is 0 Å². The van der Waals surface area contributed by atoms with Gasteiger partial charge in [0.1, 0.15) is 5.82 Å². The van der Waals surface area contributed by atoms with Gasteiger partial charge >= 0.3 is 5.97 Å². The Morgan fingerprint density at radius 1 is 1.04 bits per heavy atom. The van der Waals surface area contributed by atoms with Gasteiger partial charge in [-0.2, -0.15) is 0 Å². The normalized spacial score (nSPS) is 11.4. The Hall–Kier alpha value is -3.09. The number of carbonyl (C=O) groups excluding carboxylic acids is 2. The lowest BCUT2D eigenvalue weighted by atomic mass is 10.2. The summed E-state index contributed by atoms with van der Waals surface area (Å²) in [5, 5.41) is 2.62. The van der Waals surface area contributed by atoms with Crippen LogP contribution in [0.4, 0.5) is 10.1 Å². The van der Waals surface area contributed by atoms with Gasteiger partial charge in [-0.1, -0.05) is 0 Å². The summed E-state index contributed by atoms with van der Waals surface area (Å²) in [6.07, 6.45) is -0.845. The van der Waals surface area contributed by atoms with Crippen molar-refractivity contribution in [2.45, 2.75) is 13.0 Å². The summed E-state index contributed by atoms with van der Waals surface area (Å²) in [7, 11) is 2.70. The number of hydrogen-bond acceptors (Lipinski definition) is 5. The Kier molecular flexibility index (Phi) is 5.94. The van der Waals surface area contributed by atoms with Crippen LogP contribution in [0.15, 0.2) is 42.5 Å². The van der Waals surface area contributed by atoms with Crippen LogP contribution in [0.2, 0.25) is 0 Å². The maximum atomic E-state index is 12.9. The van der Waals surface area contributed by atoms with Gasteiger partial charge in [0.15, 0.2) is 17.6 Å². The molecule has 1 amide bonds. The first-order valence-corrected chi connectivity index (χ1v) is 7.44. The summed E-state index contributed by atoms with van der Waals surface area (Å²) in [6, 6.07) is 9.88. The summed E-state index contributed by atoms with van der Waals surface area (Å²) >= 11 is 0. The van der Waals surface area contributed by atoms with Crippen LogP contribution in [-0.2, 0) is 9.53 Å². The molecule has 2 rings (SSSR count). The quantitative estimate of drug-likeness (QED) is 0.813. The van der Waals surface area contributed by atoms with E-state index in [0.29, 0.717) is 22.7 Å². The predicted octanol–water partition coefficient (Wildman–Crippen LogP) is 3.03. The molecule has 6 nitrogen and oxygen atoms in total. The summed E-state index contributed by atoms with van der Waals surface area (Å²) in [5.74, 6) is -0.711. The minimum atomic E-state index is -0.845. The van der Waals surface area contributed by atoms with Gasteiger partial charge in [0.05, 0.1) is 19.8 Å². The molecule has 0 unspecified atom stereocenters. The molecule has 0 aliphatic carbocycles. The van der Waals surface area contributed by atoms with E-state index >= 15 is 0 Å². The van der Waals surface area contributed by atoms with Crippen LogP contribution in [0, 0.1) is 5.82 Å². The van der Waals surface area contributed by atoms with E-state index in [4.69, 9.17) is 9.47 Å². The van der Waals surface area contributed by atoms with E-state index in [0.717, 1.165) is 0 Å². The molecule has 2 aromatic carbocycles. The number of anilines is 1. The molecule has 0 fully saturated rings. The van der Waals surface area contributed by atoms with Crippen LogP contribution in [0.5, 0.6) is 11.5 Å². The largest absolute Gasteiger partial charge is 0.493 e. The van der Waals surface area contributed by atoms with Gasteiger partial charge in [-0.3, -0.25) is 4.79 Å². The first kappa shape index (κ1) is 18.3. The predicted molar refractivity (Wildman–Crippen MR) is 89.5 cm³/mol. The number of halogens is 1. The monoisotopic (exact) mass is 347 g/mol. The first-order chi connectivity index (χ1) is 11.9. The SMILES string of the molecule is COC(=O)c1ccc(O[C@H](C)C(=O)Nc2ccc(F)cc2)c(OC)c1. The molecule has 25 heavy (non-hydrogen) atoms. The third-order valence-corrected chi connectivity index (χ3v) is 3.37. The molecule has 0 aliphatic heterocycles. The topological polar surface area (TPSA) is 73.9 Å². The Bertz CT molecular complexity index is 761. The third kappa shape index (κ3) is 4.69. The smallest absolute Gasteiger partial charge is 0.337 e. The number of esters is 1. The highest BCUT2D eigenvalue weighted by molar-refractivity contribution is 5.94. The number of hydrogen-bond donors (Lipinski definition) is 1. The van der Waals surface area contributed by atoms with E-state index in [1.807, 2.05) is 0 Å².